The molecule has 0 spiro atoms. The van der Waals surface area contributed by atoms with E-state index in [4.69, 9.17) is 14.0 Å². The van der Waals surface area contributed by atoms with Crippen LogP contribution in [0.3, 0.4) is 0 Å². The van der Waals surface area contributed by atoms with Gasteiger partial charge >= 0.3 is 7.32 Å². The van der Waals surface area contributed by atoms with Crippen molar-refractivity contribution in [1.82, 2.24) is 0 Å². The first-order valence-electron chi connectivity index (χ1n) is 5.48. The van der Waals surface area contributed by atoms with Gasteiger partial charge in [-0.05, 0) is 20.8 Å². The van der Waals surface area contributed by atoms with Gasteiger partial charge in [0.25, 0.3) is 0 Å². The smallest absolute Gasteiger partial charge is 0.386 e. The predicted molar refractivity (Wildman–Crippen MR) is 64.6 cm³/mol. The zero-order valence-electron chi connectivity index (χ0n) is 11.4. The molecule has 0 N–H and O–H groups in total. The van der Waals surface area contributed by atoms with Crippen LogP contribution in [0.5, 0.6) is 0 Å². The van der Waals surface area contributed by atoms with Crippen molar-refractivity contribution in [3.63, 3.8) is 0 Å². The number of rotatable bonds is 6. The molecule has 0 atom stereocenters. The van der Waals surface area contributed by atoms with E-state index >= 15 is 0 Å². The zero-order chi connectivity index (χ0) is 12.3. The van der Waals surface area contributed by atoms with Gasteiger partial charge in [-0.15, -0.1) is 0 Å². The van der Waals surface area contributed by atoms with E-state index < -0.39 is 7.32 Å². The maximum atomic E-state index is 5.08. The highest BCUT2D eigenvalue weighted by molar-refractivity contribution is 6.36. The summed E-state index contributed by atoms with van der Waals surface area (Å²) in [4.78, 5) is 0. The average Bonchev–Trinajstić information content (AvgIpc) is 2.02. The molecule has 0 aliphatic carbocycles. The number of quaternary nitrogens is 1. The molecular formula is C10H27BNO3+. The van der Waals surface area contributed by atoms with E-state index in [2.05, 4.69) is 28.2 Å². The second kappa shape index (κ2) is 10.4. The fraction of sp³-hybridized carbons (Fsp3) is 1.00. The Morgan fingerprint density at radius 1 is 0.733 bits per heavy atom. The average molecular weight is 220 g/mol. The third kappa shape index (κ3) is 24.9. The van der Waals surface area contributed by atoms with Crippen molar-refractivity contribution in [2.24, 2.45) is 0 Å². The Bertz CT molecular complexity index is 108. The fourth-order valence-electron chi connectivity index (χ4n) is 0.553. The lowest BCUT2D eigenvalue weighted by molar-refractivity contribution is -0.849. The van der Waals surface area contributed by atoms with E-state index in [1.54, 1.807) is 0 Å². The van der Waals surface area contributed by atoms with Gasteiger partial charge in [0.2, 0.25) is 0 Å². The van der Waals surface area contributed by atoms with Gasteiger partial charge < -0.3 is 18.4 Å². The van der Waals surface area contributed by atoms with Gasteiger partial charge in [-0.1, -0.05) is 0 Å². The maximum absolute atomic E-state index is 5.08. The van der Waals surface area contributed by atoms with E-state index in [-0.39, 0.29) is 0 Å². The Morgan fingerprint density at radius 3 is 1.07 bits per heavy atom. The van der Waals surface area contributed by atoms with Crippen molar-refractivity contribution in [3.05, 3.63) is 0 Å². The van der Waals surface area contributed by atoms with Crippen LogP contribution in [0.1, 0.15) is 20.8 Å². The molecule has 0 radical (unpaired) electrons. The van der Waals surface area contributed by atoms with Crippen LogP contribution in [-0.4, -0.2) is 59.8 Å². The number of nitrogens with zero attached hydrogens (tertiary/aromatic N) is 1. The van der Waals surface area contributed by atoms with Gasteiger partial charge in [-0.25, -0.2) is 0 Å². The van der Waals surface area contributed by atoms with Crippen LogP contribution in [0.25, 0.3) is 0 Å². The van der Waals surface area contributed by atoms with Crippen LogP contribution in [0.15, 0.2) is 0 Å². The lowest BCUT2D eigenvalue weighted by Gasteiger charge is -2.14. The molecule has 4 nitrogen and oxygen atoms in total. The zero-order valence-corrected chi connectivity index (χ0v) is 11.4. The summed E-state index contributed by atoms with van der Waals surface area (Å²) in [6.45, 7) is 7.57. The fourth-order valence-corrected chi connectivity index (χ4v) is 0.553. The van der Waals surface area contributed by atoms with Gasteiger partial charge in [0.15, 0.2) is 0 Å². The van der Waals surface area contributed by atoms with Crippen molar-refractivity contribution in [2.45, 2.75) is 20.8 Å². The quantitative estimate of drug-likeness (QED) is 0.500. The lowest BCUT2D eigenvalue weighted by Crippen LogP contribution is -2.27. The Balaban J connectivity index is 0. The minimum atomic E-state index is -0.472. The highest BCUT2D eigenvalue weighted by Gasteiger charge is 2.17. The highest BCUT2D eigenvalue weighted by Crippen LogP contribution is 1.91. The summed E-state index contributed by atoms with van der Waals surface area (Å²) in [6, 6.07) is 0. The minimum Gasteiger partial charge on any atom is -0.386 e. The Morgan fingerprint density at radius 2 is 0.933 bits per heavy atom. The van der Waals surface area contributed by atoms with Crippen LogP contribution in [0, 0.1) is 0 Å². The molecule has 0 saturated carbocycles. The number of hydrogen-bond donors (Lipinski definition) is 0. The monoisotopic (exact) mass is 220 g/mol. The van der Waals surface area contributed by atoms with Gasteiger partial charge in [0.1, 0.15) is 0 Å². The van der Waals surface area contributed by atoms with E-state index in [0.717, 1.165) is 4.48 Å². The van der Waals surface area contributed by atoms with Gasteiger partial charge in [-0.2, -0.15) is 0 Å². The van der Waals surface area contributed by atoms with Crippen molar-refractivity contribution in [1.29, 1.82) is 0 Å². The number of hydrogen-bond acceptors (Lipinski definition) is 3. The SMILES string of the molecule is CCOB(OCC)OCC.C[N+](C)(C)C. The van der Waals surface area contributed by atoms with Crippen LogP contribution in [0.4, 0.5) is 0 Å². The van der Waals surface area contributed by atoms with Crippen molar-refractivity contribution in [3.8, 4) is 0 Å². The lowest BCUT2D eigenvalue weighted by atomic mass is 10.2. The van der Waals surface area contributed by atoms with E-state index in [1.165, 1.54) is 0 Å². The molecule has 0 aliphatic rings. The molecule has 0 aromatic carbocycles. The van der Waals surface area contributed by atoms with Crippen LogP contribution in [-0.2, 0) is 14.0 Å². The van der Waals surface area contributed by atoms with Crippen LogP contribution < -0.4 is 0 Å². The van der Waals surface area contributed by atoms with Crippen molar-refractivity contribution in [2.75, 3.05) is 48.0 Å². The molecule has 0 saturated heterocycles. The minimum absolute atomic E-state index is 0.472. The van der Waals surface area contributed by atoms with E-state index in [0.29, 0.717) is 19.8 Å². The molecule has 5 heteroatoms. The third-order valence-electron chi connectivity index (χ3n) is 0.908. The molecule has 0 fully saturated rings. The standard InChI is InChI=1S/C6H15BO3.C4H12N/c1-4-8-7(9-5-2)10-6-3;1-5(2,3)4/h4-6H2,1-3H3;1-4H3/q;+1. The molecule has 0 unspecified atom stereocenters. The highest BCUT2D eigenvalue weighted by atomic mass is 16.7. The maximum Gasteiger partial charge on any atom is 0.639 e. The van der Waals surface area contributed by atoms with E-state index in [9.17, 15) is 0 Å². The summed E-state index contributed by atoms with van der Waals surface area (Å²) in [5.74, 6) is 0. The normalized spacial score (nSPS) is 10.6. The van der Waals surface area contributed by atoms with E-state index in [1.807, 2.05) is 20.8 Å². The predicted octanol–water partition coefficient (Wildman–Crippen LogP) is 1.40. The largest absolute Gasteiger partial charge is 0.639 e. The summed E-state index contributed by atoms with van der Waals surface area (Å²) >= 11 is 0. The molecule has 15 heavy (non-hydrogen) atoms. The molecule has 0 amide bonds. The summed E-state index contributed by atoms with van der Waals surface area (Å²) in [7, 11) is 8.03. The first kappa shape index (κ1) is 17.3. The van der Waals surface area contributed by atoms with Crippen molar-refractivity contribution >= 4 is 7.32 Å². The van der Waals surface area contributed by atoms with Gasteiger partial charge in [0, 0.05) is 19.8 Å². The molecule has 0 aromatic rings. The second-order valence-electron chi connectivity index (χ2n) is 4.34. The summed E-state index contributed by atoms with van der Waals surface area (Å²) in [5, 5.41) is 0. The van der Waals surface area contributed by atoms with Crippen LogP contribution >= 0.6 is 0 Å². The first-order valence-corrected chi connectivity index (χ1v) is 5.48. The second-order valence-corrected chi connectivity index (χ2v) is 4.34. The van der Waals surface area contributed by atoms with Gasteiger partial charge in [0.05, 0.1) is 28.2 Å². The first-order chi connectivity index (χ1) is 6.85. The molecule has 0 bridgehead atoms. The Kier molecular flexibility index (Phi) is 12.0. The molecule has 0 rings (SSSR count). The topological polar surface area (TPSA) is 27.7 Å². The molecule has 0 aromatic heterocycles. The van der Waals surface area contributed by atoms with Gasteiger partial charge in [-0.3, -0.25) is 0 Å². The summed E-state index contributed by atoms with van der Waals surface area (Å²) in [6.07, 6.45) is 0. The Labute approximate surface area is 95.3 Å². The third-order valence-corrected chi connectivity index (χ3v) is 0.908. The molecule has 0 heterocycles. The Hall–Kier alpha value is -0.0951. The summed E-state index contributed by atoms with van der Waals surface area (Å²) < 4.78 is 16.2. The molecular weight excluding hydrogens is 193 g/mol. The van der Waals surface area contributed by atoms with Crippen LogP contribution in [0.2, 0.25) is 0 Å². The summed E-state index contributed by atoms with van der Waals surface area (Å²) in [5.41, 5.74) is 0. The molecule has 0 aliphatic heterocycles. The van der Waals surface area contributed by atoms with Crippen molar-refractivity contribution < 1.29 is 18.4 Å². The molecule has 92 valence electrons.